The summed E-state index contributed by atoms with van der Waals surface area (Å²) in [4.78, 5) is 8.62. The Bertz CT molecular complexity index is 737. The quantitative estimate of drug-likeness (QED) is 0.703. The second kappa shape index (κ2) is 5.75. The number of hydrogen-bond acceptors (Lipinski definition) is 3. The summed E-state index contributed by atoms with van der Waals surface area (Å²) in [6, 6.07) is 18.2. The van der Waals surface area contributed by atoms with Crippen molar-refractivity contribution in [3.8, 4) is 22.8 Å². The maximum Gasteiger partial charge on any atom is 0.241 e. The van der Waals surface area contributed by atoms with Gasteiger partial charge < -0.3 is 4.74 Å². The molecule has 0 bridgehead atoms. The van der Waals surface area contributed by atoms with Crippen LogP contribution >= 0.6 is 0 Å². The van der Waals surface area contributed by atoms with Crippen molar-refractivity contribution in [3.05, 3.63) is 72.2 Å². The molecule has 3 aromatic rings. The minimum Gasteiger partial charge on any atom is -0.437 e. The molecule has 0 saturated heterocycles. The summed E-state index contributed by atoms with van der Waals surface area (Å²) in [6.07, 6.45) is 1.74. The van der Waals surface area contributed by atoms with Crippen molar-refractivity contribution in [2.75, 3.05) is 0 Å². The van der Waals surface area contributed by atoms with Crippen molar-refractivity contribution in [2.45, 2.75) is 13.8 Å². The van der Waals surface area contributed by atoms with Crippen LogP contribution in [0.25, 0.3) is 11.1 Å². The fraction of sp³-hybridized carbons (Fsp3) is 0.111. The third-order valence-electron chi connectivity index (χ3n) is 3.21. The van der Waals surface area contributed by atoms with Crippen molar-refractivity contribution in [1.29, 1.82) is 0 Å². The number of benzene rings is 2. The molecule has 0 fully saturated rings. The van der Waals surface area contributed by atoms with Gasteiger partial charge in [0, 0.05) is 6.20 Å². The van der Waals surface area contributed by atoms with E-state index in [9.17, 15) is 0 Å². The monoisotopic (exact) mass is 276 g/mol. The van der Waals surface area contributed by atoms with E-state index in [1.165, 1.54) is 5.56 Å². The average molecular weight is 276 g/mol. The van der Waals surface area contributed by atoms with Crippen molar-refractivity contribution >= 4 is 0 Å². The zero-order valence-corrected chi connectivity index (χ0v) is 12.1. The summed E-state index contributed by atoms with van der Waals surface area (Å²) in [5.41, 5.74) is 3.98. The van der Waals surface area contributed by atoms with Gasteiger partial charge in [-0.3, -0.25) is 4.98 Å². The second-order valence-electron chi connectivity index (χ2n) is 4.89. The van der Waals surface area contributed by atoms with Crippen molar-refractivity contribution in [2.24, 2.45) is 0 Å². The van der Waals surface area contributed by atoms with Gasteiger partial charge in [0.25, 0.3) is 0 Å². The van der Waals surface area contributed by atoms with Gasteiger partial charge in [0.15, 0.2) is 0 Å². The molecule has 0 aliphatic carbocycles. The van der Waals surface area contributed by atoms with Crippen LogP contribution in [0.4, 0.5) is 0 Å². The summed E-state index contributed by atoms with van der Waals surface area (Å²) < 4.78 is 5.81. The average Bonchev–Trinajstić information content (AvgIpc) is 2.53. The van der Waals surface area contributed by atoms with Gasteiger partial charge in [0.2, 0.25) is 5.88 Å². The van der Waals surface area contributed by atoms with E-state index in [4.69, 9.17) is 4.74 Å². The van der Waals surface area contributed by atoms with Gasteiger partial charge in [-0.15, -0.1) is 0 Å². The van der Waals surface area contributed by atoms with Gasteiger partial charge in [0.1, 0.15) is 5.75 Å². The molecule has 1 aromatic heterocycles. The smallest absolute Gasteiger partial charge is 0.241 e. The van der Waals surface area contributed by atoms with E-state index in [0.29, 0.717) is 5.88 Å². The molecule has 0 aliphatic rings. The topological polar surface area (TPSA) is 35.0 Å². The van der Waals surface area contributed by atoms with Gasteiger partial charge in [0.05, 0.1) is 11.4 Å². The summed E-state index contributed by atoms with van der Waals surface area (Å²) in [5.74, 6) is 1.32. The lowest BCUT2D eigenvalue weighted by atomic mass is 10.1. The molecule has 0 atom stereocenters. The fourth-order valence-corrected chi connectivity index (χ4v) is 2.07. The Balaban J connectivity index is 1.83. The Hall–Kier alpha value is -2.68. The largest absolute Gasteiger partial charge is 0.437 e. The molecule has 0 unspecified atom stereocenters. The van der Waals surface area contributed by atoms with E-state index in [2.05, 4.69) is 22.1 Å². The van der Waals surface area contributed by atoms with Crippen LogP contribution in [-0.4, -0.2) is 9.97 Å². The summed E-state index contributed by atoms with van der Waals surface area (Å²) in [6.45, 7) is 3.79. The van der Waals surface area contributed by atoms with Crippen LogP contribution in [0, 0.1) is 13.8 Å². The van der Waals surface area contributed by atoms with Crippen LogP contribution in [0.3, 0.4) is 0 Å². The maximum atomic E-state index is 5.81. The number of ether oxygens (including phenoxy) is 1. The van der Waals surface area contributed by atoms with Crippen LogP contribution in [-0.2, 0) is 0 Å². The molecule has 0 aliphatic heterocycles. The molecule has 3 nitrogen and oxygen atoms in total. The summed E-state index contributed by atoms with van der Waals surface area (Å²) in [5, 5.41) is 0. The van der Waals surface area contributed by atoms with Crippen LogP contribution < -0.4 is 4.74 Å². The normalized spacial score (nSPS) is 10.4. The zero-order valence-electron chi connectivity index (χ0n) is 12.1. The molecule has 104 valence electrons. The van der Waals surface area contributed by atoms with E-state index in [-0.39, 0.29) is 0 Å². The third kappa shape index (κ3) is 3.08. The Morgan fingerprint density at radius 2 is 1.48 bits per heavy atom. The highest BCUT2D eigenvalue weighted by molar-refractivity contribution is 5.64. The second-order valence-corrected chi connectivity index (χ2v) is 4.89. The van der Waals surface area contributed by atoms with Gasteiger partial charge >= 0.3 is 0 Å². The first-order valence-electron chi connectivity index (χ1n) is 6.86. The highest BCUT2D eigenvalue weighted by Crippen LogP contribution is 2.25. The molecular weight excluding hydrogens is 260 g/mol. The molecule has 0 saturated carbocycles. The molecule has 0 radical (unpaired) electrons. The Labute approximate surface area is 124 Å². The molecule has 3 heteroatoms. The van der Waals surface area contributed by atoms with E-state index in [0.717, 1.165) is 22.7 Å². The molecule has 3 rings (SSSR count). The number of nitrogens with zero attached hydrogens (tertiary/aromatic N) is 2. The Morgan fingerprint density at radius 3 is 2.19 bits per heavy atom. The van der Waals surface area contributed by atoms with Crippen LogP contribution in [0.2, 0.25) is 0 Å². The first kappa shape index (κ1) is 13.3. The Morgan fingerprint density at radius 1 is 0.810 bits per heavy atom. The minimum atomic E-state index is 0.558. The predicted octanol–water partition coefficient (Wildman–Crippen LogP) is 4.55. The highest BCUT2D eigenvalue weighted by atomic mass is 16.5. The first-order chi connectivity index (χ1) is 10.2. The molecule has 2 aromatic carbocycles. The third-order valence-corrected chi connectivity index (χ3v) is 3.21. The SMILES string of the molecule is Cc1cnc(C)c(Oc2ccc(-c3ccccc3)cc2)n1. The van der Waals surface area contributed by atoms with Crippen LogP contribution in [0.5, 0.6) is 11.6 Å². The standard InChI is InChI=1S/C18H16N2O/c1-13-12-19-14(2)18(20-13)21-17-10-8-16(9-11-17)15-6-4-3-5-7-15/h3-12H,1-2H3. The molecule has 0 amide bonds. The molecular formula is C18H16N2O. The van der Waals surface area contributed by atoms with Crippen molar-refractivity contribution in [3.63, 3.8) is 0 Å². The van der Waals surface area contributed by atoms with Gasteiger partial charge in [-0.1, -0.05) is 42.5 Å². The number of aromatic nitrogens is 2. The Kier molecular flexibility index (Phi) is 3.65. The number of hydrogen-bond donors (Lipinski definition) is 0. The lowest BCUT2D eigenvalue weighted by molar-refractivity contribution is 0.454. The maximum absolute atomic E-state index is 5.81. The lowest BCUT2D eigenvalue weighted by Gasteiger charge is -2.08. The minimum absolute atomic E-state index is 0.558. The van der Waals surface area contributed by atoms with Gasteiger partial charge in [-0.05, 0) is 37.1 Å². The van der Waals surface area contributed by atoms with Gasteiger partial charge in [-0.25, -0.2) is 4.98 Å². The molecule has 21 heavy (non-hydrogen) atoms. The van der Waals surface area contributed by atoms with E-state index in [1.807, 2.05) is 56.3 Å². The van der Waals surface area contributed by atoms with Crippen LogP contribution in [0.15, 0.2) is 60.8 Å². The number of rotatable bonds is 3. The summed E-state index contributed by atoms with van der Waals surface area (Å²) >= 11 is 0. The fourth-order valence-electron chi connectivity index (χ4n) is 2.07. The van der Waals surface area contributed by atoms with Crippen molar-refractivity contribution < 1.29 is 4.74 Å². The van der Waals surface area contributed by atoms with E-state index >= 15 is 0 Å². The van der Waals surface area contributed by atoms with Gasteiger partial charge in [-0.2, -0.15) is 0 Å². The summed E-state index contributed by atoms with van der Waals surface area (Å²) in [7, 11) is 0. The van der Waals surface area contributed by atoms with Crippen molar-refractivity contribution in [1.82, 2.24) is 9.97 Å². The number of aryl methyl sites for hydroxylation is 2. The van der Waals surface area contributed by atoms with E-state index in [1.54, 1.807) is 6.20 Å². The lowest BCUT2D eigenvalue weighted by Crippen LogP contribution is -1.95. The highest BCUT2D eigenvalue weighted by Gasteiger charge is 2.05. The first-order valence-corrected chi connectivity index (χ1v) is 6.86. The molecule has 0 spiro atoms. The molecule has 0 N–H and O–H groups in total. The van der Waals surface area contributed by atoms with E-state index < -0.39 is 0 Å². The van der Waals surface area contributed by atoms with Crippen LogP contribution in [0.1, 0.15) is 11.4 Å². The molecule has 1 heterocycles. The predicted molar refractivity (Wildman–Crippen MR) is 83.5 cm³/mol. The zero-order chi connectivity index (χ0) is 14.7.